The maximum atomic E-state index is 5.78. The molecule has 184 valence electrons. The maximum Gasteiger partial charge on any atom is 0.162 e. The van der Waals surface area contributed by atoms with Crippen molar-refractivity contribution in [1.82, 2.24) is 20.2 Å². The molecule has 2 aromatic heterocycles. The number of hydrogen-bond acceptors (Lipinski definition) is 7. The van der Waals surface area contributed by atoms with Crippen LogP contribution in [0, 0.1) is 0 Å². The first kappa shape index (κ1) is 22.7. The van der Waals surface area contributed by atoms with E-state index in [1.165, 1.54) is 0 Å². The number of benzene rings is 2. The lowest BCUT2D eigenvalue weighted by Gasteiger charge is -2.29. The van der Waals surface area contributed by atoms with Crippen LogP contribution in [-0.2, 0) is 15.9 Å². The van der Waals surface area contributed by atoms with Gasteiger partial charge in [0.25, 0.3) is 0 Å². The molecule has 3 heterocycles. The fourth-order valence-electron chi connectivity index (χ4n) is 4.69. The van der Waals surface area contributed by atoms with Gasteiger partial charge in [-0.3, -0.25) is 5.10 Å². The van der Waals surface area contributed by atoms with Gasteiger partial charge in [-0.1, -0.05) is 31.6 Å². The summed E-state index contributed by atoms with van der Waals surface area (Å²) in [5.41, 5.74) is 5.39. The molecule has 2 aromatic carbocycles. The number of H-pyrrole nitrogens is 1. The molecule has 1 aliphatic carbocycles. The Kier molecular flexibility index (Phi) is 5.70. The van der Waals surface area contributed by atoms with Crippen LogP contribution in [0.4, 0.5) is 17.2 Å². The van der Waals surface area contributed by atoms with Crippen LogP contribution >= 0.6 is 0 Å². The van der Waals surface area contributed by atoms with Crippen molar-refractivity contribution in [2.75, 3.05) is 17.7 Å². The summed E-state index contributed by atoms with van der Waals surface area (Å²) in [5, 5.41) is 15.2. The number of aromatic amines is 1. The number of fused-ring (bicyclic) bond motifs is 2. The van der Waals surface area contributed by atoms with Crippen LogP contribution in [0.5, 0.6) is 0 Å². The number of epoxide rings is 1. The second-order valence-corrected chi connectivity index (χ2v) is 9.69. The number of aromatic nitrogens is 4. The molecule has 1 saturated heterocycles. The third-order valence-corrected chi connectivity index (χ3v) is 6.92. The highest BCUT2D eigenvalue weighted by Gasteiger charge is 2.37. The van der Waals surface area contributed by atoms with Crippen molar-refractivity contribution in [2.45, 2.75) is 51.0 Å². The van der Waals surface area contributed by atoms with Crippen molar-refractivity contribution in [3.05, 3.63) is 66.0 Å². The van der Waals surface area contributed by atoms with Crippen LogP contribution in [-0.4, -0.2) is 45.2 Å². The predicted octanol–water partition coefficient (Wildman–Crippen LogP) is 5.67. The van der Waals surface area contributed by atoms with E-state index in [4.69, 9.17) is 19.4 Å². The van der Waals surface area contributed by atoms with Gasteiger partial charge in [0.05, 0.1) is 23.0 Å². The van der Waals surface area contributed by atoms with Gasteiger partial charge < -0.3 is 20.1 Å². The van der Waals surface area contributed by atoms with Crippen LogP contribution in [0.15, 0.2) is 54.7 Å². The Morgan fingerprint density at radius 2 is 2.08 bits per heavy atom. The molecular formula is C28H30N6O2. The van der Waals surface area contributed by atoms with E-state index in [-0.39, 0.29) is 6.23 Å². The van der Waals surface area contributed by atoms with Gasteiger partial charge >= 0.3 is 0 Å². The number of rotatable bonds is 8. The van der Waals surface area contributed by atoms with E-state index in [2.05, 4.69) is 59.0 Å². The molecule has 0 saturated carbocycles. The molecular weight excluding hydrogens is 452 g/mol. The quantitative estimate of drug-likeness (QED) is 0.278. The van der Waals surface area contributed by atoms with Crippen molar-refractivity contribution in [3.63, 3.8) is 0 Å². The standard InChI is InChI=1S/C28H30N6O2/c1-4-6-24-27(36-24)31-19-8-5-7-17(13-19)25-32-23-11-12-28(2,35-3)15-21(23)26(33-25)30-20-9-10-22-18(14-20)16-29-34-22/h5,7-14,16,24,27,31H,4,6,15H2,1-3H3,(H,29,34)(H,30,32,33). The molecule has 4 aromatic rings. The number of ether oxygens (including phenoxy) is 2. The highest BCUT2D eigenvalue weighted by molar-refractivity contribution is 5.83. The van der Waals surface area contributed by atoms with Gasteiger partial charge in [0, 0.05) is 41.4 Å². The number of nitrogens with zero attached hydrogens (tertiary/aromatic N) is 3. The van der Waals surface area contributed by atoms with Crippen molar-refractivity contribution in [3.8, 4) is 11.4 Å². The summed E-state index contributed by atoms with van der Waals surface area (Å²) in [7, 11) is 1.73. The minimum Gasteiger partial charge on any atom is -0.374 e. The zero-order chi connectivity index (χ0) is 24.7. The zero-order valence-corrected chi connectivity index (χ0v) is 20.7. The Bertz CT molecular complexity index is 1450. The average molecular weight is 483 g/mol. The highest BCUT2D eigenvalue weighted by atomic mass is 16.6. The lowest BCUT2D eigenvalue weighted by molar-refractivity contribution is 0.0487. The van der Waals surface area contributed by atoms with Gasteiger partial charge in [0.1, 0.15) is 11.9 Å². The van der Waals surface area contributed by atoms with E-state index in [9.17, 15) is 0 Å². The van der Waals surface area contributed by atoms with Crippen LogP contribution in [0.2, 0.25) is 0 Å². The van der Waals surface area contributed by atoms with Crippen LogP contribution < -0.4 is 10.6 Å². The summed E-state index contributed by atoms with van der Waals surface area (Å²) in [6, 6.07) is 14.3. The van der Waals surface area contributed by atoms with Crippen molar-refractivity contribution < 1.29 is 9.47 Å². The molecule has 8 heteroatoms. The van der Waals surface area contributed by atoms with Crippen molar-refractivity contribution in [2.24, 2.45) is 0 Å². The first-order valence-corrected chi connectivity index (χ1v) is 12.4. The van der Waals surface area contributed by atoms with Crippen LogP contribution in [0.25, 0.3) is 28.4 Å². The van der Waals surface area contributed by atoms with E-state index < -0.39 is 5.60 Å². The summed E-state index contributed by atoms with van der Waals surface area (Å²) >= 11 is 0. The summed E-state index contributed by atoms with van der Waals surface area (Å²) in [6.45, 7) is 4.25. The molecule has 0 amide bonds. The lowest BCUT2D eigenvalue weighted by atomic mass is 9.89. The normalized spacial score (nSPS) is 22.4. The molecule has 6 rings (SSSR count). The van der Waals surface area contributed by atoms with Crippen molar-refractivity contribution >= 4 is 34.2 Å². The molecule has 0 spiro atoms. The Hall–Kier alpha value is -3.75. The van der Waals surface area contributed by atoms with Gasteiger partial charge in [0.2, 0.25) is 0 Å². The van der Waals surface area contributed by atoms with E-state index in [0.717, 1.165) is 57.8 Å². The molecule has 3 atom stereocenters. The Balaban J connectivity index is 1.36. The fraction of sp³-hybridized carbons (Fsp3) is 0.321. The van der Waals surface area contributed by atoms with Crippen LogP contribution in [0.1, 0.15) is 37.9 Å². The van der Waals surface area contributed by atoms with E-state index >= 15 is 0 Å². The maximum absolute atomic E-state index is 5.78. The van der Waals surface area contributed by atoms with E-state index in [1.54, 1.807) is 7.11 Å². The highest BCUT2D eigenvalue weighted by Crippen LogP contribution is 2.35. The third kappa shape index (κ3) is 4.45. The smallest absolute Gasteiger partial charge is 0.162 e. The molecule has 0 radical (unpaired) electrons. The summed E-state index contributed by atoms with van der Waals surface area (Å²) < 4.78 is 11.5. The van der Waals surface area contributed by atoms with Crippen LogP contribution in [0.3, 0.4) is 0 Å². The van der Waals surface area contributed by atoms with Gasteiger partial charge in [-0.15, -0.1) is 0 Å². The van der Waals surface area contributed by atoms with Gasteiger partial charge in [-0.05, 0) is 49.8 Å². The molecule has 36 heavy (non-hydrogen) atoms. The average Bonchev–Trinajstić information content (AvgIpc) is 3.43. The first-order chi connectivity index (χ1) is 17.5. The first-order valence-electron chi connectivity index (χ1n) is 12.4. The molecule has 2 aliphatic rings. The second kappa shape index (κ2) is 9.04. The van der Waals surface area contributed by atoms with Crippen molar-refractivity contribution in [1.29, 1.82) is 0 Å². The Morgan fingerprint density at radius 1 is 1.17 bits per heavy atom. The number of nitrogens with one attached hydrogen (secondary N) is 3. The molecule has 1 aliphatic heterocycles. The summed E-state index contributed by atoms with van der Waals surface area (Å²) in [5.74, 6) is 1.44. The van der Waals surface area contributed by atoms with Gasteiger partial charge in [-0.2, -0.15) is 5.10 Å². The largest absolute Gasteiger partial charge is 0.374 e. The molecule has 0 bridgehead atoms. The van der Waals surface area contributed by atoms with E-state index in [0.29, 0.717) is 18.3 Å². The summed E-state index contributed by atoms with van der Waals surface area (Å²) in [4.78, 5) is 9.95. The summed E-state index contributed by atoms with van der Waals surface area (Å²) in [6.07, 6.45) is 9.15. The SMILES string of the molecule is CCCC1OC1Nc1cccc(-c2nc3c(c(Nc4ccc5[nH]ncc5c4)n2)CC(C)(OC)C=C3)c1. The Morgan fingerprint density at radius 3 is 2.94 bits per heavy atom. The Labute approximate surface area is 210 Å². The zero-order valence-electron chi connectivity index (χ0n) is 20.7. The topological polar surface area (TPSA) is 100 Å². The van der Waals surface area contributed by atoms with E-state index in [1.807, 2.05) is 36.5 Å². The predicted molar refractivity (Wildman–Crippen MR) is 142 cm³/mol. The minimum atomic E-state index is -0.411. The number of anilines is 3. The third-order valence-electron chi connectivity index (χ3n) is 6.92. The molecule has 8 nitrogen and oxygen atoms in total. The number of hydrogen-bond donors (Lipinski definition) is 3. The minimum absolute atomic E-state index is 0.0781. The fourth-order valence-corrected chi connectivity index (χ4v) is 4.69. The monoisotopic (exact) mass is 482 g/mol. The second-order valence-electron chi connectivity index (χ2n) is 9.69. The van der Waals surface area contributed by atoms with Gasteiger partial charge in [0.15, 0.2) is 12.1 Å². The van der Waals surface area contributed by atoms with Gasteiger partial charge in [-0.25, -0.2) is 9.97 Å². The lowest BCUT2D eigenvalue weighted by Crippen LogP contribution is -2.30. The molecule has 3 unspecified atom stereocenters. The number of methoxy groups -OCH3 is 1. The molecule has 3 N–H and O–H groups in total. The molecule has 1 fully saturated rings.